The molecular weight excluding hydrogens is 207 g/mol. The molecule has 0 amide bonds. The Morgan fingerprint density at radius 2 is 2.14 bits per heavy atom. The van der Waals surface area contributed by atoms with Gasteiger partial charge in [-0.1, -0.05) is 0 Å². The fourth-order valence-corrected chi connectivity index (χ4v) is 1.13. The van der Waals surface area contributed by atoms with Gasteiger partial charge in [0.1, 0.15) is 11.6 Å². The van der Waals surface area contributed by atoms with Gasteiger partial charge in [0, 0.05) is 18.6 Å². The number of ether oxygens (including phenoxy) is 2. The third-order valence-electron chi connectivity index (χ3n) is 1.60. The Labute approximate surface area is 87.6 Å². The molecule has 0 heterocycles. The molecule has 1 aromatic rings. The fourth-order valence-electron chi connectivity index (χ4n) is 0.974. The van der Waals surface area contributed by atoms with E-state index >= 15 is 0 Å². The van der Waals surface area contributed by atoms with Gasteiger partial charge in [0.05, 0.1) is 0 Å². The van der Waals surface area contributed by atoms with Crippen LogP contribution in [0.5, 0.6) is 5.75 Å². The summed E-state index contributed by atoms with van der Waals surface area (Å²) >= 11 is 5.58. The monoisotopic (exact) mass is 218 g/mol. The summed E-state index contributed by atoms with van der Waals surface area (Å²) in [5.74, 6) is 0.353. The number of rotatable bonds is 5. The Balaban J connectivity index is 2.62. The van der Waals surface area contributed by atoms with E-state index in [0.717, 1.165) is 0 Å². The van der Waals surface area contributed by atoms with Crippen molar-refractivity contribution in [2.24, 2.45) is 0 Å². The lowest BCUT2D eigenvalue weighted by atomic mass is 10.2. The average molecular weight is 219 g/mol. The first-order valence-corrected chi connectivity index (χ1v) is 4.85. The maximum absolute atomic E-state index is 12.9. The minimum Gasteiger partial charge on any atom is -0.467 e. The van der Waals surface area contributed by atoms with Gasteiger partial charge < -0.3 is 9.47 Å². The van der Waals surface area contributed by atoms with Gasteiger partial charge in [0.2, 0.25) is 0 Å². The van der Waals surface area contributed by atoms with E-state index in [9.17, 15) is 4.39 Å². The van der Waals surface area contributed by atoms with Crippen LogP contribution in [0.2, 0.25) is 0 Å². The predicted molar refractivity (Wildman–Crippen MR) is 53.1 cm³/mol. The minimum absolute atomic E-state index is 0.127. The fraction of sp³-hybridized carbons (Fsp3) is 0.400. The van der Waals surface area contributed by atoms with Gasteiger partial charge in [-0.15, -0.1) is 11.6 Å². The van der Waals surface area contributed by atoms with Crippen molar-refractivity contribution in [3.05, 3.63) is 29.6 Å². The van der Waals surface area contributed by atoms with Crippen molar-refractivity contribution in [3.8, 4) is 5.75 Å². The van der Waals surface area contributed by atoms with E-state index in [-0.39, 0.29) is 18.5 Å². The first kappa shape index (κ1) is 11.3. The molecule has 4 heteroatoms. The summed E-state index contributed by atoms with van der Waals surface area (Å²) in [5, 5.41) is 0. The van der Waals surface area contributed by atoms with Crippen LogP contribution in [0.1, 0.15) is 12.5 Å². The molecule has 0 unspecified atom stereocenters. The highest BCUT2D eigenvalue weighted by molar-refractivity contribution is 6.17. The third-order valence-corrected chi connectivity index (χ3v) is 1.91. The highest BCUT2D eigenvalue weighted by Crippen LogP contribution is 2.17. The topological polar surface area (TPSA) is 18.5 Å². The lowest BCUT2D eigenvalue weighted by Gasteiger charge is -2.07. The molecule has 1 aromatic carbocycles. The highest BCUT2D eigenvalue weighted by Gasteiger charge is 2.00. The number of hydrogen-bond acceptors (Lipinski definition) is 2. The van der Waals surface area contributed by atoms with Crippen molar-refractivity contribution < 1.29 is 13.9 Å². The molecule has 0 bridgehead atoms. The number of hydrogen-bond donors (Lipinski definition) is 0. The molecule has 0 aliphatic rings. The molecule has 0 saturated carbocycles. The van der Waals surface area contributed by atoms with Crippen molar-refractivity contribution in [1.82, 2.24) is 0 Å². The summed E-state index contributed by atoms with van der Waals surface area (Å²) in [6.45, 7) is 2.55. The summed E-state index contributed by atoms with van der Waals surface area (Å²) in [7, 11) is 0. The molecule has 0 radical (unpaired) electrons. The van der Waals surface area contributed by atoms with Gasteiger partial charge in [0.15, 0.2) is 6.79 Å². The van der Waals surface area contributed by atoms with E-state index in [2.05, 4.69) is 0 Å². The molecule has 14 heavy (non-hydrogen) atoms. The maximum Gasteiger partial charge on any atom is 0.189 e. The van der Waals surface area contributed by atoms with Crippen molar-refractivity contribution in [2.45, 2.75) is 12.8 Å². The van der Waals surface area contributed by atoms with Gasteiger partial charge in [-0.2, -0.15) is 0 Å². The Kier molecular flexibility index (Phi) is 4.70. The van der Waals surface area contributed by atoms with Crippen LogP contribution >= 0.6 is 11.6 Å². The van der Waals surface area contributed by atoms with E-state index in [1.165, 1.54) is 12.1 Å². The van der Waals surface area contributed by atoms with Crippen molar-refractivity contribution in [1.29, 1.82) is 0 Å². The minimum atomic E-state index is -0.352. The molecule has 78 valence electrons. The van der Waals surface area contributed by atoms with Crippen LogP contribution in [-0.4, -0.2) is 13.4 Å². The van der Waals surface area contributed by atoms with Gasteiger partial charge in [-0.3, -0.25) is 0 Å². The van der Waals surface area contributed by atoms with Crippen LogP contribution in [0.25, 0.3) is 0 Å². The summed E-state index contributed by atoms with van der Waals surface area (Å²) in [6, 6.07) is 4.37. The Bertz CT molecular complexity index is 291. The predicted octanol–water partition coefficient (Wildman–Crippen LogP) is 2.94. The third kappa shape index (κ3) is 3.52. The van der Waals surface area contributed by atoms with Crippen LogP contribution in [0.4, 0.5) is 4.39 Å². The number of alkyl halides is 1. The molecule has 0 N–H and O–H groups in total. The molecule has 0 aliphatic carbocycles. The highest BCUT2D eigenvalue weighted by atomic mass is 35.5. The zero-order valence-electron chi connectivity index (χ0n) is 7.93. The average Bonchev–Trinajstić information content (AvgIpc) is 2.17. The van der Waals surface area contributed by atoms with Crippen molar-refractivity contribution >= 4 is 11.6 Å². The van der Waals surface area contributed by atoms with Crippen LogP contribution in [0, 0.1) is 5.82 Å². The Morgan fingerprint density at radius 1 is 1.36 bits per heavy atom. The lowest BCUT2D eigenvalue weighted by molar-refractivity contribution is 0.0222. The first-order valence-electron chi connectivity index (χ1n) is 4.32. The van der Waals surface area contributed by atoms with E-state index in [1.807, 2.05) is 6.92 Å². The zero-order valence-corrected chi connectivity index (χ0v) is 8.68. The summed E-state index contributed by atoms with van der Waals surface area (Å²) in [5.41, 5.74) is 0.693. The molecule has 1 rings (SSSR count). The smallest absolute Gasteiger partial charge is 0.189 e. The van der Waals surface area contributed by atoms with Crippen LogP contribution in [0.3, 0.4) is 0 Å². The van der Waals surface area contributed by atoms with E-state index in [1.54, 1.807) is 6.07 Å². The van der Waals surface area contributed by atoms with E-state index in [4.69, 9.17) is 21.1 Å². The number of benzene rings is 1. The van der Waals surface area contributed by atoms with Crippen LogP contribution in [0.15, 0.2) is 18.2 Å². The standard InChI is InChI=1S/C10H12ClFO2/c1-2-13-7-14-10-4-8(6-11)3-9(12)5-10/h3-5H,2,6-7H2,1H3. The second-order valence-electron chi connectivity index (χ2n) is 2.68. The molecule has 0 spiro atoms. The summed E-state index contributed by atoms with van der Waals surface area (Å²) < 4.78 is 23.1. The summed E-state index contributed by atoms with van der Waals surface area (Å²) in [4.78, 5) is 0. The molecule has 0 atom stereocenters. The van der Waals surface area contributed by atoms with Gasteiger partial charge in [0.25, 0.3) is 0 Å². The van der Waals surface area contributed by atoms with Crippen molar-refractivity contribution in [2.75, 3.05) is 13.4 Å². The van der Waals surface area contributed by atoms with Gasteiger partial charge in [-0.05, 0) is 24.6 Å². The Hall–Kier alpha value is -0.800. The summed E-state index contributed by atoms with van der Waals surface area (Å²) in [6.07, 6.45) is 0. The second kappa shape index (κ2) is 5.83. The SMILES string of the molecule is CCOCOc1cc(F)cc(CCl)c1. The molecular formula is C10H12ClFO2. The normalized spacial score (nSPS) is 10.2. The maximum atomic E-state index is 12.9. The van der Waals surface area contributed by atoms with Crippen LogP contribution in [-0.2, 0) is 10.6 Å². The van der Waals surface area contributed by atoms with Crippen molar-refractivity contribution in [3.63, 3.8) is 0 Å². The number of halogens is 2. The quantitative estimate of drug-likeness (QED) is 0.430. The largest absolute Gasteiger partial charge is 0.467 e. The zero-order chi connectivity index (χ0) is 10.4. The van der Waals surface area contributed by atoms with Gasteiger partial charge in [-0.25, -0.2) is 4.39 Å². The second-order valence-corrected chi connectivity index (χ2v) is 2.95. The molecule has 0 saturated heterocycles. The Morgan fingerprint density at radius 3 is 2.79 bits per heavy atom. The van der Waals surface area contributed by atoms with Crippen LogP contribution < -0.4 is 4.74 Å². The van der Waals surface area contributed by atoms with Gasteiger partial charge >= 0.3 is 0 Å². The first-order chi connectivity index (χ1) is 6.76. The molecule has 0 fully saturated rings. The van der Waals surface area contributed by atoms with E-state index in [0.29, 0.717) is 17.9 Å². The lowest BCUT2D eigenvalue weighted by Crippen LogP contribution is -2.02. The van der Waals surface area contributed by atoms with E-state index < -0.39 is 0 Å². The molecule has 0 aliphatic heterocycles. The molecule has 0 aromatic heterocycles. The molecule has 2 nitrogen and oxygen atoms in total.